The molecule has 0 radical (unpaired) electrons. The van der Waals surface area contributed by atoms with Gasteiger partial charge in [0.05, 0.1) is 17.0 Å². The standard InChI is InChI=1S/C20H23N5O/c26-20(15-6-5-13-25(14-15)19-9-3-4-11-21-19)22-12-10-18-23-16-7-1-2-8-17(16)24-18/h1-4,7-9,11,15H,5-6,10,12-14H2,(H,22,26)(H,23,24)/t15-/m1/s1. The van der Waals surface area contributed by atoms with Gasteiger partial charge in [0.2, 0.25) is 5.91 Å². The zero-order valence-electron chi connectivity index (χ0n) is 14.7. The number of nitrogens with one attached hydrogen (secondary N) is 2. The molecule has 6 nitrogen and oxygen atoms in total. The number of carbonyl (C=O) groups is 1. The van der Waals surface area contributed by atoms with Crippen LogP contribution in [-0.4, -0.2) is 40.5 Å². The summed E-state index contributed by atoms with van der Waals surface area (Å²) in [6.07, 6.45) is 4.45. The molecule has 1 aromatic carbocycles. The Hall–Kier alpha value is -2.89. The number of rotatable bonds is 5. The van der Waals surface area contributed by atoms with Crippen molar-refractivity contribution < 1.29 is 4.79 Å². The fourth-order valence-corrected chi connectivity index (χ4v) is 3.51. The van der Waals surface area contributed by atoms with Crippen molar-refractivity contribution >= 4 is 22.8 Å². The van der Waals surface area contributed by atoms with Crippen LogP contribution >= 0.6 is 0 Å². The van der Waals surface area contributed by atoms with E-state index in [0.717, 1.165) is 48.6 Å². The molecule has 0 aliphatic carbocycles. The minimum atomic E-state index is 0.0152. The molecule has 0 spiro atoms. The average Bonchev–Trinajstić information content (AvgIpc) is 3.11. The number of benzene rings is 1. The van der Waals surface area contributed by atoms with Crippen LogP contribution in [0, 0.1) is 5.92 Å². The number of piperidine rings is 1. The monoisotopic (exact) mass is 349 g/mol. The molecule has 1 atom stereocenters. The fourth-order valence-electron chi connectivity index (χ4n) is 3.51. The van der Waals surface area contributed by atoms with Crippen molar-refractivity contribution in [3.05, 3.63) is 54.5 Å². The van der Waals surface area contributed by atoms with Crippen LogP contribution in [0.1, 0.15) is 18.7 Å². The third kappa shape index (κ3) is 3.69. The summed E-state index contributed by atoms with van der Waals surface area (Å²) in [5.41, 5.74) is 2.00. The van der Waals surface area contributed by atoms with Gasteiger partial charge in [0.15, 0.2) is 0 Å². The number of carbonyl (C=O) groups excluding carboxylic acids is 1. The van der Waals surface area contributed by atoms with Gasteiger partial charge in [0, 0.05) is 32.3 Å². The second kappa shape index (κ2) is 7.56. The number of aromatic nitrogens is 3. The van der Waals surface area contributed by atoms with E-state index in [-0.39, 0.29) is 11.8 Å². The first-order chi connectivity index (χ1) is 12.8. The van der Waals surface area contributed by atoms with Crippen molar-refractivity contribution in [2.45, 2.75) is 19.3 Å². The Morgan fingerprint density at radius 3 is 2.96 bits per heavy atom. The number of aromatic amines is 1. The van der Waals surface area contributed by atoms with Crippen LogP contribution in [0.2, 0.25) is 0 Å². The van der Waals surface area contributed by atoms with Crippen LogP contribution in [0.15, 0.2) is 48.7 Å². The summed E-state index contributed by atoms with van der Waals surface area (Å²) in [7, 11) is 0. The highest BCUT2D eigenvalue weighted by molar-refractivity contribution is 5.79. The molecule has 0 unspecified atom stereocenters. The Morgan fingerprint density at radius 2 is 2.12 bits per heavy atom. The van der Waals surface area contributed by atoms with Crippen molar-refractivity contribution in [3.63, 3.8) is 0 Å². The van der Waals surface area contributed by atoms with Crippen molar-refractivity contribution in [2.75, 3.05) is 24.5 Å². The molecular formula is C20H23N5O. The van der Waals surface area contributed by atoms with E-state index in [1.807, 2.05) is 42.5 Å². The summed E-state index contributed by atoms with van der Waals surface area (Å²) < 4.78 is 0. The number of hydrogen-bond acceptors (Lipinski definition) is 4. The van der Waals surface area contributed by atoms with Gasteiger partial charge in [-0.3, -0.25) is 4.79 Å². The minimum absolute atomic E-state index is 0.0152. The largest absolute Gasteiger partial charge is 0.356 e. The van der Waals surface area contributed by atoms with E-state index in [1.54, 1.807) is 6.20 Å². The van der Waals surface area contributed by atoms with Crippen molar-refractivity contribution in [3.8, 4) is 0 Å². The summed E-state index contributed by atoms with van der Waals surface area (Å²) in [6, 6.07) is 13.9. The van der Waals surface area contributed by atoms with E-state index in [1.165, 1.54) is 0 Å². The number of imidazole rings is 1. The number of nitrogens with zero attached hydrogens (tertiary/aromatic N) is 3. The Bertz CT molecular complexity index is 843. The Balaban J connectivity index is 1.30. The quantitative estimate of drug-likeness (QED) is 0.742. The van der Waals surface area contributed by atoms with Crippen LogP contribution in [-0.2, 0) is 11.2 Å². The number of H-pyrrole nitrogens is 1. The fraction of sp³-hybridized carbons (Fsp3) is 0.350. The van der Waals surface area contributed by atoms with Gasteiger partial charge in [-0.1, -0.05) is 18.2 Å². The molecule has 2 aromatic heterocycles. The third-order valence-electron chi connectivity index (χ3n) is 4.86. The van der Waals surface area contributed by atoms with Crippen LogP contribution in [0.25, 0.3) is 11.0 Å². The average molecular weight is 349 g/mol. The first-order valence-corrected chi connectivity index (χ1v) is 9.17. The summed E-state index contributed by atoms with van der Waals surface area (Å²) in [5, 5.41) is 3.07. The number of pyridine rings is 1. The maximum atomic E-state index is 12.5. The molecule has 1 fully saturated rings. The first-order valence-electron chi connectivity index (χ1n) is 9.17. The second-order valence-electron chi connectivity index (χ2n) is 6.71. The van der Waals surface area contributed by atoms with E-state index < -0.39 is 0 Å². The molecular weight excluding hydrogens is 326 g/mol. The maximum absolute atomic E-state index is 12.5. The third-order valence-corrected chi connectivity index (χ3v) is 4.86. The topological polar surface area (TPSA) is 73.9 Å². The predicted molar refractivity (Wildman–Crippen MR) is 102 cm³/mol. The van der Waals surface area contributed by atoms with E-state index in [9.17, 15) is 4.79 Å². The number of amides is 1. The summed E-state index contributed by atoms with van der Waals surface area (Å²) in [4.78, 5) is 27.0. The first kappa shape index (κ1) is 16.6. The molecule has 3 aromatic rings. The number of para-hydroxylation sites is 2. The lowest BCUT2D eigenvalue weighted by atomic mass is 9.97. The Kier molecular flexibility index (Phi) is 4.82. The predicted octanol–water partition coefficient (Wildman–Crippen LogP) is 2.53. The Morgan fingerprint density at radius 1 is 1.23 bits per heavy atom. The molecule has 1 amide bonds. The molecule has 0 bridgehead atoms. The van der Waals surface area contributed by atoms with Crippen LogP contribution in [0.4, 0.5) is 5.82 Å². The van der Waals surface area contributed by atoms with Gasteiger partial charge in [0.25, 0.3) is 0 Å². The molecule has 4 rings (SSSR count). The maximum Gasteiger partial charge on any atom is 0.224 e. The van der Waals surface area contributed by atoms with E-state index >= 15 is 0 Å². The number of fused-ring (bicyclic) bond motifs is 1. The van der Waals surface area contributed by atoms with Crippen LogP contribution in [0.3, 0.4) is 0 Å². The SMILES string of the molecule is O=C(NCCc1nc2ccccc2[nH]1)[C@@H]1CCCN(c2ccccn2)C1. The van der Waals surface area contributed by atoms with Gasteiger partial charge in [-0.15, -0.1) is 0 Å². The minimum Gasteiger partial charge on any atom is -0.356 e. The van der Waals surface area contributed by atoms with E-state index in [2.05, 4.69) is 25.2 Å². The van der Waals surface area contributed by atoms with Gasteiger partial charge in [0.1, 0.15) is 11.6 Å². The molecule has 1 saturated heterocycles. The zero-order valence-corrected chi connectivity index (χ0v) is 14.7. The normalized spacial score (nSPS) is 17.4. The van der Waals surface area contributed by atoms with E-state index in [0.29, 0.717) is 13.0 Å². The van der Waals surface area contributed by atoms with Crippen LogP contribution in [0.5, 0.6) is 0 Å². The zero-order chi connectivity index (χ0) is 17.8. The molecule has 6 heteroatoms. The molecule has 3 heterocycles. The van der Waals surface area contributed by atoms with Gasteiger partial charge in [-0.2, -0.15) is 0 Å². The molecule has 2 N–H and O–H groups in total. The highest BCUT2D eigenvalue weighted by Gasteiger charge is 2.26. The highest BCUT2D eigenvalue weighted by atomic mass is 16.1. The molecule has 26 heavy (non-hydrogen) atoms. The molecule has 1 aliphatic heterocycles. The van der Waals surface area contributed by atoms with Gasteiger partial charge in [-0.25, -0.2) is 9.97 Å². The number of anilines is 1. The van der Waals surface area contributed by atoms with Crippen molar-refractivity contribution in [2.24, 2.45) is 5.92 Å². The summed E-state index contributed by atoms with van der Waals surface area (Å²) >= 11 is 0. The van der Waals surface area contributed by atoms with Crippen molar-refractivity contribution in [1.82, 2.24) is 20.3 Å². The van der Waals surface area contributed by atoms with Crippen LogP contribution < -0.4 is 10.2 Å². The van der Waals surface area contributed by atoms with E-state index in [4.69, 9.17) is 0 Å². The second-order valence-corrected chi connectivity index (χ2v) is 6.71. The molecule has 134 valence electrons. The van der Waals surface area contributed by atoms with Gasteiger partial charge >= 0.3 is 0 Å². The van der Waals surface area contributed by atoms with Crippen molar-refractivity contribution in [1.29, 1.82) is 0 Å². The van der Waals surface area contributed by atoms with Gasteiger partial charge < -0.3 is 15.2 Å². The summed E-state index contributed by atoms with van der Waals surface area (Å²) in [6.45, 7) is 2.28. The molecule has 0 saturated carbocycles. The summed E-state index contributed by atoms with van der Waals surface area (Å²) in [5.74, 6) is 2.00. The lowest BCUT2D eigenvalue weighted by Crippen LogP contribution is -2.43. The smallest absolute Gasteiger partial charge is 0.224 e. The highest BCUT2D eigenvalue weighted by Crippen LogP contribution is 2.21. The number of hydrogen-bond donors (Lipinski definition) is 2. The lowest BCUT2D eigenvalue weighted by Gasteiger charge is -2.32. The molecule has 1 aliphatic rings. The Labute approximate surface area is 152 Å². The van der Waals surface area contributed by atoms with Gasteiger partial charge in [-0.05, 0) is 37.1 Å². The lowest BCUT2D eigenvalue weighted by molar-refractivity contribution is -0.125.